The van der Waals surface area contributed by atoms with Crippen LogP contribution >= 0.6 is 11.6 Å². The summed E-state index contributed by atoms with van der Waals surface area (Å²) in [5, 5.41) is 8.74. The van der Waals surface area contributed by atoms with Crippen LogP contribution in [-0.4, -0.2) is 41.8 Å². The number of aliphatic hydroxyl groups excluding tert-OH is 1. The second-order valence-corrected chi connectivity index (χ2v) is 4.21. The van der Waals surface area contributed by atoms with Crippen LogP contribution in [0.4, 0.5) is 18.9 Å². The molecule has 0 aromatic heterocycles. The normalized spacial score (nSPS) is 11.4. The molecular formula is C11H12ClF3N2O2. The van der Waals surface area contributed by atoms with Crippen molar-refractivity contribution in [3.63, 3.8) is 0 Å². The lowest BCUT2D eigenvalue weighted by Crippen LogP contribution is -2.40. The number of carbonyl (C=O) groups excluding carboxylic acids is 1. The molecule has 0 aliphatic heterocycles. The first-order chi connectivity index (χ1) is 8.74. The predicted octanol–water partition coefficient (Wildman–Crippen LogP) is 1.92. The first-order valence-electron chi connectivity index (χ1n) is 5.26. The minimum absolute atomic E-state index is 0.00399. The van der Waals surface area contributed by atoms with Crippen molar-refractivity contribution in [3.05, 3.63) is 28.8 Å². The minimum atomic E-state index is -4.56. The molecule has 19 heavy (non-hydrogen) atoms. The van der Waals surface area contributed by atoms with E-state index in [0.717, 1.165) is 0 Å². The molecule has 0 radical (unpaired) electrons. The molecule has 0 unspecified atom stereocenters. The zero-order valence-corrected chi connectivity index (χ0v) is 10.5. The molecule has 1 amide bonds. The standard InChI is InChI=1S/C11H12ClF3N2O2/c12-9-2-1-7(16)5-8(9)10(19)17(3-4-18)6-11(13,14)15/h1-2,5,18H,3-4,6,16H2. The van der Waals surface area contributed by atoms with E-state index in [2.05, 4.69) is 0 Å². The van der Waals surface area contributed by atoms with Gasteiger partial charge in [0.05, 0.1) is 17.2 Å². The quantitative estimate of drug-likeness (QED) is 0.834. The van der Waals surface area contributed by atoms with Crippen LogP contribution in [0.15, 0.2) is 18.2 Å². The van der Waals surface area contributed by atoms with Crippen molar-refractivity contribution in [2.24, 2.45) is 0 Å². The number of nitrogens with two attached hydrogens (primary N) is 1. The molecule has 0 saturated heterocycles. The second-order valence-electron chi connectivity index (χ2n) is 3.80. The summed E-state index contributed by atoms with van der Waals surface area (Å²) in [6.07, 6.45) is -4.56. The zero-order valence-electron chi connectivity index (χ0n) is 9.75. The molecule has 0 heterocycles. The third kappa shape index (κ3) is 4.60. The Labute approximate surface area is 112 Å². The van der Waals surface area contributed by atoms with Gasteiger partial charge in [-0.15, -0.1) is 0 Å². The topological polar surface area (TPSA) is 66.6 Å². The van der Waals surface area contributed by atoms with E-state index in [4.69, 9.17) is 22.4 Å². The van der Waals surface area contributed by atoms with Crippen LogP contribution < -0.4 is 5.73 Å². The third-order valence-electron chi connectivity index (χ3n) is 2.25. The van der Waals surface area contributed by atoms with Gasteiger partial charge in [-0.05, 0) is 18.2 Å². The Balaban J connectivity index is 3.02. The molecule has 4 nitrogen and oxygen atoms in total. The Morgan fingerprint density at radius 3 is 2.58 bits per heavy atom. The van der Waals surface area contributed by atoms with Crippen LogP contribution in [0, 0.1) is 0 Å². The van der Waals surface area contributed by atoms with E-state index in [1.807, 2.05) is 0 Å². The number of benzene rings is 1. The fourth-order valence-corrected chi connectivity index (χ4v) is 1.67. The monoisotopic (exact) mass is 296 g/mol. The number of nitrogens with zero attached hydrogens (tertiary/aromatic N) is 1. The maximum Gasteiger partial charge on any atom is 0.406 e. The van der Waals surface area contributed by atoms with Crippen LogP contribution in [0.1, 0.15) is 10.4 Å². The second kappa shape index (κ2) is 6.12. The van der Waals surface area contributed by atoms with Crippen LogP contribution in [0.3, 0.4) is 0 Å². The third-order valence-corrected chi connectivity index (χ3v) is 2.58. The molecule has 1 aromatic carbocycles. The zero-order chi connectivity index (χ0) is 14.6. The average molecular weight is 297 g/mol. The van der Waals surface area contributed by atoms with E-state index in [1.165, 1.54) is 18.2 Å². The summed E-state index contributed by atoms with van der Waals surface area (Å²) in [6.45, 7) is -2.48. The van der Waals surface area contributed by atoms with Gasteiger partial charge < -0.3 is 15.7 Å². The summed E-state index contributed by atoms with van der Waals surface area (Å²) < 4.78 is 37.1. The molecule has 1 aromatic rings. The van der Waals surface area contributed by atoms with E-state index in [9.17, 15) is 18.0 Å². The van der Waals surface area contributed by atoms with Crippen LogP contribution in [0.25, 0.3) is 0 Å². The van der Waals surface area contributed by atoms with Crippen LogP contribution in [0.2, 0.25) is 5.02 Å². The van der Waals surface area contributed by atoms with Gasteiger partial charge in [0.15, 0.2) is 0 Å². The number of nitrogen functional groups attached to an aromatic ring is 1. The van der Waals surface area contributed by atoms with E-state index in [-0.39, 0.29) is 16.3 Å². The van der Waals surface area contributed by atoms with Crippen molar-refractivity contribution in [1.82, 2.24) is 4.90 Å². The highest BCUT2D eigenvalue weighted by Gasteiger charge is 2.33. The van der Waals surface area contributed by atoms with Crippen molar-refractivity contribution >= 4 is 23.2 Å². The van der Waals surface area contributed by atoms with Gasteiger partial charge in [0.2, 0.25) is 0 Å². The van der Waals surface area contributed by atoms with Gasteiger partial charge in [0, 0.05) is 12.2 Å². The van der Waals surface area contributed by atoms with Crippen molar-refractivity contribution in [3.8, 4) is 0 Å². The summed E-state index contributed by atoms with van der Waals surface area (Å²) >= 11 is 5.76. The summed E-state index contributed by atoms with van der Waals surface area (Å²) in [5.41, 5.74) is 5.55. The number of hydrogen-bond donors (Lipinski definition) is 2. The van der Waals surface area contributed by atoms with Gasteiger partial charge in [0.25, 0.3) is 5.91 Å². The number of rotatable bonds is 4. The molecule has 8 heteroatoms. The van der Waals surface area contributed by atoms with E-state index in [0.29, 0.717) is 4.90 Å². The molecule has 0 atom stereocenters. The average Bonchev–Trinajstić information content (AvgIpc) is 2.29. The number of aliphatic hydroxyl groups is 1. The highest BCUT2D eigenvalue weighted by Crippen LogP contribution is 2.23. The van der Waals surface area contributed by atoms with Crippen LogP contribution in [-0.2, 0) is 0 Å². The molecule has 0 aliphatic carbocycles. The van der Waals surface area contributed by atoms with Gasteiger partial charge in [-0.3, -0.25) is 4.79 Å². The molecule has 106 valence electrons. The number of hydrogen-bond acceptors (Lipinski definition) is 3. The fraction of sp³-hybridized carbons (Fsp3) is 0.364. The SMILES string of the molecule is Nc1ccc(Cl)c(C(=O)N(CCO)CC(F)(F)F)c1. The molecule has 3 N–H and O–H groups in total. The lowest BCUT2D eigenvalue weighted by Gasteiger charge is -2.23. The fourth-order valence-electron chi connectivity index (χ4n) is 1.47. The smallest absolute Gasteiger partial charge is 0.399 e. The molecule has 0 saturated carbocycles. The van der Waals surface area contributed by atoms with Gasteiger partial charge in [-0.1, -0.05) is 11.6 Å². The maximum atomic E-state index is 12.4. The van der Waals surface area contributed by atoms with Crippen molar-refractivity contribution < 1.29 is 23.1 Å². The van der Waals surface area contributed by atoms with Gasteiger partial charge in [-0.25, -0.2) is 0 Å². The first-order valence-corrected chi connectivity index (χ1v) is 5.64. The lowest BCUT2D eigenvalue weighted by atomic mass is 10.1. The molecule has 0 fully saturated rings. The summed E-state index contributed by atoms with van der Waals surface area (Å²) in [6, 6.07) is 3.96. The van der Waals surface area contributed by atoms with Gasteiger partial charge in [0.1, 0.15) is 6.54 Å². The lowest BCUT2D eigenvalue weighted by molar-refractivity contribution is -0.141. The Hall–Kier alpha value is -1.47. The number of amides is 1. The summed E-state index contributed by atoms with van der Waals surface area (Å²) in [4.78, 5) is 12.4. The van der Waals surface area contributed by atoms with Crippen molar-refractivity contribution in [2.75, 3.05) is 25.4 Å². The molecule has 0 aliphatic rings. The van der Waals surface area contributed by atoms with E-state index >= 15 is 0 Å². The molecule has 0 spiro atoms. The highest BCUT2D eigenvalue weighted by atomic mass is 35.5. The van der Waals surface area contributed by atoms with Gasteiger partial charge in [-0.2, -0.15) is 13.2 Å². The van der Waals surface area contributed by atoms with Crippen LogP contribution in [0.5, 0.6) is 0 Å². The Bertz CT molecular complexity index is 466. The molecule has 0 bridgehead atoms. The van der Waals surface area contributed by atoms with Crippen molar-refractivity contribution in [2.45, 2.75) is 6.18 Å². The van der Waals surface area contributed by atoms with E-state index < -0.39 is 31.8 Å². The summed E-state index contributed by atoms with van der Waals surface area (Å²) in [7, 11) is 0. The molecular weight excluding hydrogens is 285 g/mol. The maximum absolute atomic E-state index is 12.4. The van der Waals surface area contributed by atoms with Crippen molar-refractivity contribution in [1.29, 1.82) is 0 Å². The van der Waals surface area contributed by atoms with E-state index in [1.54, 1.807) is 0 Å². The Morgan fingerprint density at radius 2 is 2.05 bits per heavy atom. The number of alkyl halides is 3. The largest absolute Gasteiger partial charge is 0.406 e. The Morgan fingerprint density at radius 1 is 1.42 bits per heavy atom. The van der Waals surface area contributed by atoms with Gasteiger partial charge >= 0.3 is 6.18 Å². The molecule has 1 rings (SSSR count). The minimum Gasteiger partial charge on any atom is -0.399 e. The number of carbonyl (C=O) groups is 1. The first kappa shape index (κ1) is 15.6. The Kier molecular flexibility index (Phi) is 5.02. The predicted molar refractivity (Wildman–Crippen MR) is 64.9 cm³/mol. The highest BCUT2D eigenvalue weighted by molar-refractivity contribution is 6.34. The summed E-state index contributed by atoms with van der Waals surface area (Å²) in [5.74, 6) is -0.927. The number of anilines is 1. The number of halogens is 4.